The number of nitrogens with two attached hydrogens (primary N) is 2. The molecule has 1 unspecified atom stereocenters. The van der Waals surface area contributed by atoms with Crippen LogP contribution in [0, 0.1) is 0 Å². The van der Waals surface area contributed by atoms with Gasteiger partial charge in [-0.3, -0.25) is 0 Å². The van der Waals surface area contributed by atoms with E-state index in [9.17, 15) is 9.90 Å². The fourth-order valence-corrected chi connectivity index (χ4v) is 2.03. The molecule has 0 fully saturated rings. The molecule has 0 heterocycles. The first kappa shape index (κ1) is 15.0. The Morgan fingerprint density at radius 2 is 1.86 bits per heavy atom. The first-order valence-corrected chi connectivity index (χ1v) is 6.62. The number of hydrogen-bond acceptors (Lipinski definition) is 4. The van der Waals surface area contributed by atoms with Gasteiger partial charge in [-0.1, -0.05) is 42.5 Å². The number of benzene rings is 2. The lowest BCUT2D eigenvalue weighted by Gasteiger charge is -2.17. The third kappa shape index (κ3) is 3.59. The van der Waals surface area contributed by atoms with E-state index in [0.29, 0.717) is 5.56 Å². The van der Waals surface area contributed by atoms with E-state index < -0.39 is 12.0 Å². The zero-order chi connectivity index (χ0) is 15.2. The predicted molar refractivity (Wildman–Crippen MR) is 80.2 cm³/mol. The largest absolute Gasteiger partial charge is 0.488 e. The Morgan fingerprint density at radius 3 is 2.48 bits per heavy atom. The molecule has 21 heavy (non-hydrogen) atoms. The number of carboxylic acids is 1. The topological polar surface area (TPSA) is 98.6 Å². The van der Waals surface area contributed by atoms with Crippen molar-refractivity contribution in [2.45, 2.75) is 12.6 Å². The van der Waals surface area contributed by atoms with Crippen molar-refractivity contribution in [3.8, 4) is 5.75 Å². The quantitative estimate of drug-likeness (QED) is 0.753. The van der Waals surface area contributed by atoms with E-state index in [1.165, 1.54) is 6.07 Å². The summed E-state index contributed by atoms with van der Waals surface area (Å²) in [5.74, 6) is -0.768. The second-order valence-electron chi connectivity index (χ2n) is 4.65. The number of aromatic carboxylic acids is 1. The summed E-state index contributed by atoms with van der Waals surface area (Å²) in [7, 11) is 0. The average molecular weight is 286 g/mol. The molecule has 0 aromatic heterocycles. The minimum atomic E-state index is -1.05. The van der Waals surface area contributed by atoms with Gasteiger partial charge in [-0.05, 0) is 11.6 Å². The molecular formula is C16H18N2O3. The van der Waals surface area contributed by atoms with E-state index >= 15 is 0 Å². The maximum atomic E-state index is 11.3. The lowest BCUT2D eigenvalue weighted by molar-refractivity contribution is 0.0691. The second kappa shape index (κ2) is 6.88. The molecule has 110 valence electrons. The molecule has 2 rings (SSSR count). The lowest BCUT2D eigenvalue weighted by atomic mass is 10.0. The van der Waals surface area contributed by atoms with Crippen molar-refractivity contribution in [3.63, 3.8) is 0 Å². The number of rotatable bonds is 6. The monoisotopic (exact) mass is 286 g/mol. The minimum Gasteiger partial charge on any atom is -0.488 e. The van der Waals surface area contributed by atoms with Gasteiger partial charge in [0.15, 0.2) is 0 Å². The molecule has 0 spiro atoms. The second-order valence-corrected chi connectivity index (χ2v) is 4.65. The van der Waals surface area contributed by atoms with Gasteiger partial charge in [-0.2, -0.15) is 0 Å². The number of carbonyl (C=O) groups is 1. The standard InChI is InChI=1S/C16H18N2O3/c17-9-14(18)12-7-4-8-13(16(19)20)15(12)21-10-11-5-2-1-3-6-11/h1-8,14H,9-10,17-18H2,(H,19,20). The molecule has 0 saturated heterocycles. The highest BCUT2D eigenvalue weighted by molar-refractivity contribution is 5.91. The van der Waals surface area contributed by atoms with Crippen molar-refractivity contribution in [2.24, 2.45) is 11.5 Å². The highest BCUT2D eigenvalue weighted by Crippen LogP contribution is 2.29. The summed E-state index contributed by atoms with van der Waals surface area (Å²) in [6, 6.07) is 13.9. The Bertz CT molecular complexity index is 614. The third-order valence-corrected chi connectivity index (χ3v) is 3.16. The highest BCUT2D eigenvalue weighted by Gasteiger charge is 2.19. The molecule has 1 atom stereocenters. The molecule has 0 saturated carbocycles. The summed E-state index contributed by atoms with van der Waals surface area (Å²) in [6.45, 7) is 0.486. The lowest BCUT2D eigenvalue weighted by Crippen LogP contribution is -2.22. The normalized spacial score (nSPS) is 11.9. The molecule has 0 bridgehead atoms. The maximum absolute atomic E-state index is 11.3. The number of hydrogen-bond donors (Lipinski definition) is 3. The van der Waals surface area contributed by atoms with Crippen LogP contribution < -0.4 is 16.2 Å². The van der Waals surface area contributed by atoms with E-state index in [2.05, 4.69) is 0 Å². The molecule has 2 aromatic carbocycles. The molecule has 5 nitrogen and oxygen atoms in total. The van der Waals surface area contributed by atoms with E-state index in [4.69, 9.17) is 16.2 Å². The molecule has 5 heteroatoms. The Labute approximate surface area is 123 Å². The van der Waals surface area contributed by atoms with Crippen LogP contribution in [0.25, 0.3) is 0 Å². The summed E-state index contributed by atoms with van der Waals surface area (Å²) >= 11 is 0. The van der Waals surface area contributed by atoms with Crippen LogP contribution in [0.5, 0.6) is 5.75 Å². The smallest absolute Gasteiger partial charge is 0.339 e. The zero-order valence-electron chi connectivity index (χ0n) is 11.5. The van der Waals surface area contributed by atoms with Crippen LogP contribution in [0.3, 0.4) is 0 Å². The number of ether oxygens (including phenoxy) is 1. The van der Waals surface area contributed by atoms with Gasteiger partial charge >= 0.3 is 5.97 Å². The Balaban J connectivity index is 2.32. The third-order valence-electron chi connectivity index (χ3n) is 3.16. The predicted octanol–water partition coefficient (Wildman–Crippen LogP) is 1.92. The van der Waals surface area contributed by atoms with Crippen molar-refractivity contribution in [1.82, 2.24) is 0 Å². The van der Waals surface area contributed by atoms with Crippen molar-refractivity contribution in [1.29, 1.82) is 0 Å². The number of carboxylic acid groups (broad SMARTS) is 1. The molecule has 0 aliphatic rings. The van der Waals surface area contributed by atoms with Crippen LogP contribution in [0.4, 0.5) is 0 Å². The minimum absolute atomic E-state index is 0.0901. The van der Waals surface area contributed by atoms with Crippen molar-refractivity contribution in [2.75, 3.05) is 6.54 Å². The fourth-order valence-electron chi connectivity index (χ4n) is 2.03. The van der Waals surface area contributed by atoms with Crippen LogP contribution in [0.2, 0.25) is 0 Å². The summed E-state index contributed by atoms with van der Waals surface area (Å²) < 4.78 is 5.72. The van der Waals surface area contributed by atoms with Gasteiger partial charge in [-0.25, -0.2) is 4.79 Å². The highest BCUT2D eigenvalue weighted by atomic mass is 16.5. The average Bonchev–Trinajstić information content (AvgIpc) is 2.52. The molecule has 0 aliphatic heterocycles. The zero-order valence-corrected chi connectivity index (χ0v) is 11.5. The van der Waals surface area contributed by atoms with Crippen molar-refractivity contribution >= 4 is 5.97 Å². The summed E-state index contributed by atoms with van der Waals surface area (Å²) in [4.78, 5) is 11.3. The Kier molecular flexibility index (Phi) is 4.92. The van der Waals surface area contributed by atoms with Crippen LogP contribution >= 0.6 is 0 Å². The first-order valence-electron chi connectivity index (χ1n) is 6.62. The Morgan fingerprint density at radius 1 is 1.14 bits per heavy atom. The first-order chi connectivity index (χ1) is 10.1. The van der Waals surface area contributed by atoms with E-state index in [0.717, 1.165) is 5.56 Å². The van der Waals surface area contributed by atoms with Crippen LogP contribution in [-0.2, 0) is 6.61 Å². The summed E-state index contributed by atoms with van der Waals surface area (Å²) in [6.07, 6.45) is 0. The van der Waals surface area contributed by atoms with Crippen LogP contribution in [-0.4, -0.2) is 17.6 Å². The summed E-state index contributed by atoms with van der Waals surface area (Å²) in [5.41, 5.74) is 13.2. The maximum Gasteiger partial charge on any atom is 0.339 e. The van der Waals surface area contributed by atoms with E-state index in [-0.39, 0.29) is 24.5 Å². The number of para-hydroxylation sites is 1. The molecule has 5 N–H and O–H groups in total. The summed E-state index contributed by atoms with van der Waals surface area (Å²) in [5, 5.41) is 9.29. The van der Waals surface area contributed by atoms with Crippen molar-refractivity contribution in [3.05, 3.63) is 65.2 Å². The molecule has 2 aromatic rings. The van der Waals surface area contributed by atoms with Gasteiger partial charge in [-0.15, -0.1) is 0 Å². The Hall–Kier alpha value is -2.37. The molecular weight excluding hydrogens is 268 g/mol. The SMILES string of the molecule is NCC(N)c1cccc(C(=O)O)c1OCc1ccccc1. The van der Waals surface area contributed by atoms with E-state index in [1.54, 1.807) is 12.1 Å². The van der Waals surface area contributed by atoms with Gasteiger partial charge in [0.25, 0.3) is 0 Å². The molecule has 0 aliphatic carbocycles. The van der Waals surface area contributed by atoms with Gasteiger partial charge in [0.05, 0.1) is 0 Å². The van der Waals surface area contributed by atoms with Crippen molar-refractivity contribution < 1.29 is 14.6 Å². The van der Waals surface area contributed by atoms with Gasteiger partial charge in [0.2, 0.25) is 0 Å². The van der Waals surface area contributed by atoms with Gasteiger partial charge in [0.1, 0.15) is 17.9 Å². The van der Waals surface area contributed by atoms with Gasteiger partial charge in [0, 0.05) is 18.2 Å². The van der Waals surface area contributed by atoms with Crippen LogP contribution in [0.1, 0.15) is 27.5 Å². The van der Waals surface area contributed by atoms with E-state index in [1.807, 2.05) is 30.3 Å². The molecule has 0 amide bonds. The van der Waals surface area contributed by atoms with Crippen LogP contribution in [0.15, 0.2) is 48.5 Å². The van der Waals surface area contributed by atoms with Gasteiger partial charge < -0.3 is 21.3 Å². The molecule has 0 radical (unpaired) electrons. The fraction of sp³-hybridized carbons (Fsp3) is 0.188.